The van der Waals surface area contributed by atoms with Crippen molar-refractivity contribution in [3.05, 3.63) is 0 Å². The number of nitrogens with zero attached hydrogens (tertiary/aromatic N) is 3. The van der Waals surface area contributed by atoms with Crippen molar-refractivity contribution in [1.82, 2.24) is 46.8 Å². The molecule has 0 radical (unpaired) electrons. The van der Waals surface area contributed by atoms with E-state index in [2.05, 4.69) is 31.9 Å². The predicted octanol–water partition coefficient (Wildman–Crippen LogP) is 2.20. The van der Waals surface area contributed by atoms with E-state index in [4.69, 9.17) is 51.4 Å². The zero-order valence-electron chi connectivity index (χ0n) is 75.5. The van der Waals surface area contributed by atoms with Crippen LogP contribution >= 0.6 is 15.6 Å². The third-order valence-electron chi connectivity index (χ3n) is 23.3. The van der Waals surface area contributed by atoms with Gasteiger partial charge in [0, 0.05) is 125 Å². The number of phosphoric ester groups is 2. The molecule has 5 aliphatic rings. The summed E-state index contributed by atoms with van der Waals surface area (Å²) in [5.41, 5.74) is 0. The third kappa shape index (κ3) is 44.8. The Balaban J connectivity index is 1.07. The van der Waals surface area contributed by atoms with Gasteiger partial charge in [-0.3, -0.25) is 66.1 Å². The highest BCUT2D eigenvalue weighted by Crippen LogP contribution is 2.45. The molecule has 0 aromatic rings. The summed E-state index contributed by atoms with van der Waals surface area (Å²) in [6.45, 7) is 2.86. The number of carbonyl (C=O) groups is 9. The largest absolute Gasteiger partial charge is 0.472 e. The van der Waals surface area contributed by atoms with Crippen molar-refractivity contribution < 1.29 is 159 Å². The van der Waals surface area contributed by atoms with E-state index in [0.717, 1.165) is 25.7 Å². The fourth-order valence-electron chi connectivity index (χ4n) is 16.3. The summed E-state index contributed by atoms with van der Waals surface area (Å²) in [7, 11) is -9.70. The molecule has 2 saturated carbocycles. The number of hydroxylamine groups is 2. The Hall–Kier alpha value is -5.19. The van der Waals surface area contributed by atoms with Crippen LogP contribution in [0.2, 0.25) is 0 Å². The van der Waals surface area contributed by atoms with Crippen LogP contribution in [0.1, 0.15) is 252 Å². The average molecular weight is 1880 g/mol. The zero-order chi connectivity index (χ0) is 93.8. The molecular formula is C84H153N9O33P2. The number of carbonyl (C=O) groups excluding carboxylic acids is 9. The van der Waals surface area contributed by atoms with Crippen LogP contribution in [0.4, 0.5) is 0 Å². The van der Waals surface area contributed by atoms with E-state index in [1.807, 2.05) is 6.92 Å². The number of phosphoric acid groups is 2. The molecule has 5 rings (SSSR count). The number of nitrogens with one attached hydrogen (secondary N) is 6. The van der Waals surface area contributed by atoms with Gasteiger partial charge >= 0.3 is 15.6 Å². The maximum absolute atomic E-state index is 14.0. The summed E-state index contributed by atoms with van der Waals surface area (Å²) >= 11 is 0. The van der Waals surface area contributed by atoms with Crippen LogP contribution < -0.4 is 31.9 Å². The Bertz CT molecular complexity index is 3290. The molecule has 2 aliphatic carbocycles. The van der Waals surface area contributed by atoms with Gasteiger partial charge in [0.1, 0.15) is 73.1 Å². The average Bonchev–Trinajstić information content (AvgIpc) is 1.28. The first-order valence-electron chi connectivity index (χ1n) is 46.4. The van der Waals surface area contributed by atoms with Gasteiger partial charge in [-0.15, -0.1) is 0 Å². The Morgan fingerprint density at radius 1 is 0.359 bits per heavy atom. The van der Waals surface area contributed by atoms with Gasteiger partial charge in [-0.25, -0.2) is 14.2 Å². The second-order valence-electron chi connectivity index (χ2n) is 33.7. The van der Waals surface area contributed by atoms with Crippen molar-refractivity contribution >= 4 is 68.8 Å². The number of hydrogen-bond acceptors (Lipinski definition) is 31. The topological polar surface area (TPSA) is 594 Å². The van der Waals surface area contributed by atoms with Crippen LogP contribution in [-0.2, 0) is 104 Å². The molecule has 42 nitrogen and oxygen atoms in total. The van der Waals surface area contributed by atoms with Gasteiger partial charge in [0.05, 0.1) is 58.9 Å². The molecule has 44 heteroatoms. The van der Waals surface area contributed by atoms with Crippen molar-refractivity contribution in [2.75, 3.05) is 118 Å². The summed E-state index contributed by atoms with van der Waals surface area (Å²) in [5.74, 6) is -1.77. The first-order chi connectivity index (χ1) is 61.3. The van der Waals surface area contributed by atoms with Crippen molar-refractivity contribution in [3.8, 4) is 0 Å². The highest BCUT2D eigenvalue weighted by atomic mass is 31.2. The van der Waals surface area contributed by atoms with E-state index in [9.17, 15) is 108 Å². The highest BCUT2D eigenvalue weighted by molar-refractivity contribution is 7.47. The van der Waals surface area contributed by atoms with E-state index in [1.54, 1.807) is 0 Å². The van der Waals surface area contributed by atoms with Gasteiger partial charge in [-0.05, 0) is 115 Å². The first-order valence-corrected chi connectivity index (χ1v) is 49.4. The van der Waals surface area contributed by atoms with Crippen LogP contribution in [0.15, 0.2) is 0 Å². The van der Waals surface area contributed by atoms with Crippen molar-refractivity contribution in [3.63, 3.8) is 0 Å². The molecule has 0 spiro atoms. The molecular weight excluding hydrogens is 1720 g/mol. The van der Waals surface area contributed by atoms with Gasteiger partial charge in [-0.2, -0.15) is 0 Å². The van der Waals surface area contributed by atoms with Gasteiger partial charge < -0.3 is 126 Å². The number of unbranched alkanes of at least 4 members (excludes halogenated alkanes) is 12. The molecule has 9 amide bonds. The SMILES string of the molecule is CCCN(CCOP(=O)(O)OCCN(CCOP(=O)(O)OCCN(OC1CCCC(C2CCCCC2)CC1)C(=O)CCCCCNC(=O)CCCCCOC1OC(CO)C(O)C(O)C1NC(C)=O)C(=O)CCCCCNC(=O)CCCCCOC1OC(CO)C(O)C(O)C1NC(C)=O)C(=O)CCCCCNC(=O)CCCCCOC1OC(CO)C(O)C(O)C1NC(C)=O. The van der Waals surface area contributed by atoms with Gasteiger partial charge in [-0.1, -0.05) is 90.4 Å². The molecule has 5 fully saturated rings. The fourth-order valence-corrected chi connectivity index (χ4v) is 17.7. The highest BCUT2D eigenvalue weighted by Gasteiger charge is 2.48. The molecule has 128 heavy (non-hydrogen) atoms. The molecule has 3 aliphatic heterocycles. The number of aliphatic hydroxyl groups excluding tert-OH is 9. The van der Waals surface area contributed by atoms with E-state index in [-0.39, 0.29) is 127 Å². The minimum Gasteiger partial charge on any atom is -0.394 e. The second-order valence-corrected chi connectivity index (χ2v) is 36.7. The first kappa shape index (κ1) is 113. The van der Waals surface area contributed by atoms with E-state index < -0.39 is 171 Å². The lowest BCUT2D eigenvalue weighted by Crippen LogP contribution is -2.64. The molecule has 3 saturated heterocycles. The summed E-state index contributed by atoms with van der Waals surface area (Å²) in [5, 5.41) is 108. The summed E-state index contributed by atoms with van der Waals surface area (Å²) < 4.78 is 82.3. The van der Waals surface area contributed by atoms with Crippen LogP contribution in [-0.4, -0.2) is 340 Å². The summed E-state index contributed by atoms with van der Waals surface area (Å²) in [6.07, 6.45) is 5.86. The van der Waals surface area contributed by atoms with E-state index >= 15 is 0 Å². The molecule has 0 aromatic carbocycles. The molecule has 19 atom stereocenters. The van der Waals surface area contributed by atoms with Crippen LogP contribution in [0.3, 0.4) is 0 Å². The minimum atomic E-state index is -4.89. The quantitative estimate of drug-likeness (QED) is 0.0180. The van der Waals surface area contributed by atoms with Crippen molar-refractivity contribution in [1.29, 1.82) is 0 Å². The van der Waals surface area contributed by atoms with Crippen LogP contribution in [0.5, 0.6) is 0 Å². The van der Waals surface area contributed by atoms with E-state index in [1.165, 1.54) is 67.7 Å². The Kier molecular flexibility index (Phi) is 56.6. The summed E-state index contributed by atoms with van der Waals surface area (Å²) in [6, 6.07) is -3.19. The fraction of sp³-hybridized carbons (Fsp3) is 0.893. The number of amides is 9. The lowest BCUT2D eigenvalue weighted by Gasteiger charge is -2.42. The Morgan fingerprint density at radius 2 is 0.680 bits per heavy atom. The molecule has 0 bridgehead atoms. The number of aliphatic hydroxyl groups is 9. The molecule has 3 heterocycles. The number of rotatable bonds is 66. The Labute approximate surface area is 752 Å². The number of ether oxygens (including phenoxy) is 6. The van der Waals surface area contributed by atoms with Crippen molar-refractivity contribution in [2.24, 2.45) is 11.8 Å². The lowest BCUT2D eigenvalue weighted by molar-refractivity contribution is -0.270. The summed E-state index contributed by atoms with van der Waals surface area (Å²) in [4.78, 5) is 146. The van der Waals surface area contributed by atoms with Gasteiger partial charge in [0.25, 0.3) is 0 Å². The standard InChI is InChI=1S/C84H153N9O33P2/c1-5-43-91(70(103)35-18-7-21-40-85-67(100)32-15-10-24-48-116-82-73(88-58(2)97)79(109)76(106)64(55-94)123-82)44-51-119-127(112,113)120-52-45-92(71(104)36-19-8-22-41-86-68(101)33-16-11-25-49-117-83-74(89-59(3)98)80(110)77(107)65(56-95)124-83)46-53-121-128(114,115)122-54-47-93(126-63-31-27-30-62(38-39-63)61-28-13-6-14-29-61)72(105)37-20-9-23-42-87-69(102)34-17-12-26-50-118-84-75(90-60(4)99)81(111)78(108)66(57-96)125-84/h61-66,73-84,94-96,106-111H,5-57H2,1-4H3,(H,85,100)(H,86,101)(H,87,102)(H,88,97)(H,89,98)(H,90,99)(H,112,113)(H,114,115). The second kappa shape index (κ2) is 63.9. The monoisotopic (exact) mass is 1880 g/mol. The van der Waals surface area contributed by atoms with Gasteiger partial charge in [0.15, 0.2) is 18.9 Å². The smallest absolute Gasteiger partial charge is 0.394 e. The van der Waals surface area contributed by atoms with Crippen LogP contribution in [0.25, 0.3) is 0 Å². The molecule has 19 unspecified atom stereocenters. The Morgan fingerprint density at radius 3 is 1.03 bits per heavy atom. The minimum absolute atomic E-state index is 0.0480. The normalized spacial score (nSPS) is 26.1. The lowest BCUT2D eigenvalue weighted by atomic mass is 9.77. The molecule has 742 valence electrons. The number of hydrogen-bond donors (Lipinski definition) is 17. The predicted molar refractivity (Wildman–Crippen MR) is 460 cm³/mol. The maximum atomic E-state index is 14.0. The molecule has 0 aromatic heterocycles. The zero-order valence-corrected chi connectivity index (χ0v) is 77.3. The van der Waals surface area contributed by atoms with Gasteiger partial charge in [0.2, 0.25) is 53.2 Å². The van der Waals surface area contributed by atoms with Crippen molar-refractivity contribution in [2.45, 2.75) is 350 Å². The third-order valence-corrected chi connectivity index (χ3v) is 25.4. The van der Waals surface area contributed by atoms with Crippen LogP contribution in [0, 0.1) is 11.8 Å². The van der Waals surface area contributed by atoms with E-state index in [0.29, 0.717) is 166 Å². The molecule has 17 N–H and O–H groups in total. The maximum Gasteiger partial charge on any atom is 0.472 e.